The van der Waals surface area contributed by atoms with Crippen molar-refractivity contribution in [1.82, 2.24) is 5.32 Å². The second-order valence-electron chi connectivity index (χ2n) is 5.10. The maximum atomic E-state index is 11.7. The Morgan fingerprint density at radius 1 is 1.00 bits per heavy atom. The van der Waals surface area contributed by atoms with Crippen molar-refractivity contribution in [2.24, 2.45) is 0 Å². The third-order valence-corrected chi connectivity index (χ3v) is 3.00. The van der Waals surface area contributed by atoms with Gasteiger partial charge in [-0.2, -0.15) is 0 Å². The first-order valence-electron chi connectivity index (χ1n) is 7.41. The largest absolute Gasteiger partial charge is 0.484 e. The van der Waals surface area contributed by atoms with Gasteiger partial charge in [0, 0.05) is 13.2 Å². The number of benzene rings is 2. The summed E-state index contributed by atoms with van der Waals surface area (Å²) in [5, 5.41) is 2.78. The van der Waals surface area contributed by atoms with Crippen LogP contribution < -0.4 is 14.8 Å². The van der Waals surface area contributed by atoms with Gasteiger partial charge in [-0.15, -0.1) is 0 Å². The van der Waals surface area contributed by atoms with Crippen LogP contribution in [-0.4, -0.2) is 32.3 Å². The molecule has 1 unspecified atom stereocenters. The van der Waals surface area contributed by atoms with Gasteiger partial charge in [0.1, 0.15) is 17.2 Å². The minimum absolute atomic E-state index is 0.0348. The van der Waals surface area contributed by atoms with Gasteiger partial charge >= 0.3 is 0 Å². The number of hydrogen-bond acceptors (Lipinski definition) is 4. The maximum Gasteiger partial charge on any atom is 0.258 e. The SMILES string of the molecule is COCC(C)NC(=O)COc1ccc(Oc2ccccc2)cc1. The average Bonchev–Trinajstić information content (AvgIpc) is 2.55. The van der Waals surface area contributed by atoms with E-state index in [1.807, 2.05) is 37.3 Å². The molecule has 0 saturated heterocycles. The molecule has 0 aromatic heterocycles. The molecule has 5 heteroatoms. The van der Waals surface area contributed by atoms with Crippen LogP contribution in [0.15, 0.2) is 54.6 Å². The van der Waals surface area contributed by atoms with Crippen LogP contribution in [0.1, 0.15) is 6.92 Å². The number of carbonyl (C=O) groups is 1. The molecule has 0 aliphatic rings. The topological polar surface area (TPSA) is 56.8 Å². The van der Waals surface area contributed by atoms with E-state index in [-0.39, 0.29) is 18.6 Å². The number of ether oxygens (including phenoxy) is 3. The van der Waals surface area contributed by atoms with E-state index in [0.717, 1.165) is 5.75 Å². The molecular weight excluding hydrogens is 294 g/mol. The molecule has 23 heavy (non-hydrogen) atoms. The first kappa shape index (κ1) is 16.8. The van der Waals surface area contributed by atoms with Crippen LogP contribution in [0.25, 0.3) is 0 Å². The van der Waals surface area contributed by atoms with Gasteiger partial charge in [0.2, 0.25) is 0 Å². The first-order chi connectivity index (χ1) is 11.2. The van der Waals surface area contributed by atoms with E-state index in [0.29, 0.717) is 18.1 Å². The van der Waals surface area contributed by atoms with Crippen molar-refractivity contribution in [3.8, 4) is 17.2 Å². The van der Waals surface area contributed by atoms with Crippen LogP contribution in [0, 0.1) is 0 Å². The highest BCUT2D eigenvalue weighted by Crippen LogP contribution is 2.23. The Morgan fingerprint density at radius 2 is 1.61 bits per heavy atom. The Balaban J connectivity index is 1.80. The van der Waals surface area contributed by atoms with Gasteiger partial charge < -0.3 is 19.5 Å². The highest BCUT2D eigenvalue weighted by atomic mass is 16.5. The Kier molecular flexibility index (Phi) is 6.44. The van der Waals surface area contributed by atoms with Crippen molar-refractivity contribution in [2.45, 2.75) is 13.0 Å². The van der Waals surface area contributed by atoms with Crippen LogP contribution in [0.4, 0.5) is 0 Å². The standard InChI is InChI=1S/C18H21NO4/c1-14(12-21-2)19-18(20)13-22-15-8-10-17(11-9-15)23-16-6-4-3-5-7-16/h3-11,14H,12-13H2,1-2H3,(H,19,20). The third-order valence-electron chi connectivity index (χ3n) is 3.00. The molecule has 2 rings (SSSR count). The smallest absolute Gasteiger partial charge is 0.258 e. The Bertz CT molecular complexity index is 598. The second-order valence-corrected chi connectivity index (χ2v) is 5.10. The maximum absolute atomic E-state index is 11.7. The Hall–Kier alpha value is -2.53. The van der Waals surface area contributed by atoms with E-state index in [2.05, 4.69) is 5.32 Å². The fraction of sp³-hybridized carbons (Fsp3) is 0.278. The highest BCUT2D eigenvalue weighted by Gasteiger charge is 2.07. The van der Waals surface area contributed by atoms with Crippen LogP contribution in [0.5, 0.6) is 17.2 Å². The average molecular weight is 315 g/mol. The van der Waals surface area contributed by atoms with Crippen LogP contribution >= 0.6 is 0 Å². The number of carbonyl (C=O) groups excluding carboxylic acids is 1. The number of para-hydroxylation sites is 1. The van der Waals surface area contributed by atoms with E-state index in [1.165, 1.54) is 0 Å². The molecule has 122 valence electrons. The number of rotatable bonds is 8. The lowest BCUT2D eigenvalue weighted by Gasteiger charge is -2.13. The van der Waals surface area contributed by atoms with Gasteiger partial charge in [0.25, 0.3) is 5.91 Å². The summed E-state index contributed by atoms with van der Waals surface area (Å²) >= 11 is 0. The van der Waals surface area contributed by atoms with Crippen LogP contribution in [0.2, 0.25) is 0 Å². The second kappa shape index (κ2) is 8.80. The minimum Gasteiger partial charge on any atom is -0.484 e. The summed E-state index contributed by atoms with van der Waals surface area (Å²) in [6, 6.07) is 16.6. The predicted molar refractivity (Wildman–Crippen MR) is 87.9 cm³/mol. The molecule has 0 aliphatic carbocycles. The number of nitrogens with one attached hydrogen (secondary N) is 1. The van der Waals surface area contributed by atoms with E-state index in [9.17, 15) is 4.79 Å². The fourth-order valence-corrected chi connectivity index (χ4v) is 1.99. The van der Waals surface area contributed by atoms with E-state index >= 15 is 0 Å². The monoisotopic (exact) mass is 315 g/mol. The summed E-state index contributed by atoms with van der Waals surface area (Å²) < 4.78 is 16.1. The zero-order chi connectivity index (χ0) is 16.5. The summed E-state index contributed by atoms with van der Waals surface area (Å²) in [4.78, 5) is 11.7. The number of amides is 1. The third kappa shape index (κ3) is 6.00. The summed E-state index contributed by atoms with van der Waals surface area (Å²) in [6.07, 6.45) is 0. The minimum atomic E-state index is -0.181. The highest BCUT2D eigenvalue weighted by molar-refractivity contribution is 5.77. The lowest BCUT2D eigenvalue weighted by atomic mass is 10.3. The molecule has 0 saturated carbocycles. The van der Waals surface area contributed by atoms with Crippen molar-refractivity contribution in [3.05, 3.63) is 54.6 Å². The molecule has 0 fully saturated rings. The predicted octanol–water partition coefficient (Wildman–Crippen LogP) is 3.01. The summed E-state index contributed by atoms with van der Waals surface area (Å²) in [7, 11) is 1.60. The molecule has 1 atom stereocenters. The number of methoxy groups -OCH3 is 1. The molecule has 0 aliphatic heterocycles. The van der Waals surface area contributed by atoms with Gasteiger partial charge in [-0.25, -0.2) is 0 Å². The van der Waals surface area contributed by atoms with Crippen molar-refractivity contribution in [2.75, 3.05) is 20.3 Å². The van der Waals surface area contributed by atoms with Crippen molar-refractivity contribution in [3.63, 3.8) is 0 Å². The van der Waals surface area contributed by atoms with Crippen molar-refractivity contribution < 1.29 is 19.0 Å². The molecule has 5 nitrogen and oxygen atoms in total. The van der Waals surface area contributed by atoms with Crippen molar-refractivity contribution >= 4 is 5.91 Å². The van der Waals surface area contributed by atoms with Gasteiger partial charge in [0.05, 0.1) is 6.61 Å². The molecule has 0 heterocycles. The molecular formula is C18H21NO4. The molecule has 1 N–H and O–H groups in total. The molecule has 1 amide bonds. The van der Waals surface area contributed by atoms with Gasteiger partial charge in [-0.05, 0) is 43.3 Å². The molecule has 2 aromatic rings. The van der Waals surface area contributed by atoms with Crippen LogP contribution in [-0.2, 0) is 9.53 Å². The Labute approximate surface area is 136 Å². The zero-order valence-electron chi connectivity index (χ0n) is 13.3. The lowest BCUT2D eigenvalue weighted by molar-refractivity contribution is -0.124. The van der Waals surface area contributed by atoms with Gasteiger partial charge in [0.15, 0.2) is 6.61 Å². The van der Waals surface area contributed by atoms with Crippen LogP contribution in [0.3, 0.4) is 0 Å². The Morgan fingerprint density at radius 3 is 2.26 bits per heavy atom. The van der Waals surface area contributed by atoms with Gasteiger partial charge in [-0.3, -0.25) is 4.79 Å². The number of hydrogen-bond donors (Lipinski definition) is 1. The van der Waals surface area contributed by atoms with Gasteiger partial charge in [-0.1, -0.05) is 18.2 Å². The summed E-state index contributed by atoms with van der Waals surface area (Å²) in [5.41, 5.74) is 0. The fourth-order valence-electron chi connectivity index (χ4n) is 1.99. The molecule has 0 spiro atoms. The normalized spacial score (nSPS) is 11.6. The van der Waals surface area contributed by atoms with E-state index in [1.54, 1.807) is 31.4 Å². The molecule has 0 radical (unpaired) electrons. The summed E-state index contributed by atoms with van der Waals surface area (Å²) in [6.45, 7) is 2.31. The summed E-state index contributed by atoms with van der Waals surface area (Å²) in [5.74, 6) is 1.91. The molecule has 0 bridgehead atoms. The molecule has 2 aromatic carbocycles. The first-order valence-corrected chi connectivity index (χ1v) is 7.41. The quantitative estimate of drug-likeness (QED) is 0.813. The van der Waals surface area contributed by atoms with E-state index < -0.39 is 0 Å². The van der Waals surface area contributed by atoms with E-state index in [4.69, 9.17) is 14.2 Å². The lowest BCUT2D eigenvalue weighted by Crippen LogP contribution is -2.38. The van der Waals surface area contributed by atoms with Crippen molar-refractivity contribution in [1.29, 1.82) is 0 Å². The zero-order valence-corrected chi connectivity index (χ0v) is 13.3.